The number of hydrogen-bond acceptors (Lipinski definition) is 4. The molecule has 0 bridgehead atoms. The SMILES string of the molecule is Cc1c(NC(=O)[C@H]2CCCN2C(=O)c2cccs2)c(=O)n(-c2ccccc2)n1C. The summed E-state index contributed by atoms with van der Waals surface area (Å²) in [4.78, 5) is 41.0. The minimum atomic E-state index is -0.575. The number of likely N-dealkylation sites (tertiary alicyclic amines) is 1. The molecule has 1 fully saturated rings. The largest absolute Gasteiger partial charge is 0.326 e. The third-order valence-electron chi connectivity index (χ3n) is 5.35. The highest BCUT2D eigenvalue weighted by atomic mass is 32.1. The van der Waals surface area contributed by atoms with Crippen molar-refractivity contribution in [3.63, 3.8) is 0 Å². The van der Waals surface area contributed by atoms with Crippen LogP contribution in [0.2, 0.25) is 0 Å². The highest BCUT2D eigenvalue weighted by molar-refractivity contribution is 7.12. The molecule has 150 valence electrons. The number of benzene rings is 1. The Bertz CT molecular complexity index is 1100. The number of carbonyl (C=O) groups excluding carboxylic acids is 2. The van der Waals surface area contributed by atoms with Gasteiger partial charge in [0.2, 0.25) is 5.91 Å². The van der Waals surface area contributed by atoms with Gasteiger partial charge in [0.1, 0.15) is 11.7 Å². The molecular formula is C21H22N4O3S. The molecule has 1 atom stereocenters. The molecule has 3 heterocycles. The molecule has 1 N–H and O–H groups in total. The quantitative estimate of drug-likeness (QED) is 0.719. The van der Waals surface area contributed by atoms with Gasteiger partial charge >= 0.3 is 0 Å². The normalized spacial score (nSPS) is 16.2. The minimum absolute atomic E-state index is 0.135. The third kappa shape index (κ3) is 3.40. The Hall–Kier alpha value is -3.13. The fraction of sp³-hybridized carbons (Fsp3) is 0.286. The van der Waals surface area contributed by atoms with Crippen LogP contribution in [0.3, 0.4) is 0 Å². The Balaban J connectivity index is 1.60. The number of hydrogen-bond donors (Lipinski definition) is 1. The Labute approximate surface area is 172 Å². The van der Waals surface area contributed by atoms with Crippen molar-refractivity contribution >= 4 is 28.8 Å². The first-order valence-corrected chi connectivity index (χ1v) is 10.4. The number of anilines is 1. The van der Waals surface area contributed by atoms with Gasteiger partial charge in [0.25, 0.3) is 11.5 Å². The third-order valence-corrected chi connectivity index (χ3v) is 6.21. The molecule has 4 rings (SSSR count). The second-order valence-corrected chi connectivity index (χ2v) is 8.01. The fourth-order valence-electron chi connectivity index (χ4n) is 3.74. The summed E-state index contributed by atoms with van der Waals surface area (Å²) >= 11 is 1.36. The Morgan fingerprint density at radius 3 is 2.59 bits per heavy atom. The van der Waals surface area contributed by atoms with Crippen LogP contribution in [-0.2, 0) is 11.8 Å². The Kier molecular flexibility index (Phi) is 5.10. The molecule has 1 saturated heterocycles. The number of amides is 2. The minimum Gasteiger partial charge on any atom is -0.326 e. The average Bonchev–Trinajstić information content (AvgIpc) is 3.46. The molecule has 0 spiro atoms. The molecule has 7 nitrogen and oxygen atoms in total. The van der Waals surface area contributed by atoms with E-state index in [2.05, 4.69) is 5.32 Å². The molecule has 0 aliphatic carbocycles. The Morgan fingerprint density at radius 2 is 1.90 bits per heavy atom. The van der Waals surface area contributed by atoms with Crippen molar-refractivity contribution in [2.75, 3.05) is 11.9 Å². The first kappa shape index (κ1) is 19.2. The molecule has 0 saturated carbocycles. The lowest BCUT2D eigenvalue weighted by atomic mass is 10.2. The van der Waals surface area contributed by atoms with Gasteiger partial charge in [-0.2, -0.15) is 0 Å². The van der Waals surface area contributed by atoms with Crippen LogP contribution in [0.15, 0.2) is 52.6 Å². The monoisotopic (exact) mass is 410 g/mol. The van der Waals surface area contributed by atoms with E-state index < -0.39 is 6.04 Å². The molecule has 8 heteroatoms. The molecule has 29 heavy (non-hydrogen) atoms. The zero-order valence-electron chi connectivity index (χ0n) is 16.3. The summed E-state index contributed by atoms with van der Waals surface area (Å²) in [5, 5.41) is 4.64. The van der Waals surface area contributed by atoms with Crippen molar-refractivity contribution in [1.82, 2.24) is 14.3 Å². The van der Waals surface area contributed by atoms with Crippen LogP contribution in [0.1, 0.15) is 28.2 Å². The van der Waals surface area contributed by atoms with E-state index in [4.69, 9.17) is 0 Å². The van der Waals surface area contributed by atoms with Gasteiger partial charge in [-0.15, -0.1) is 11.3 Å². The van der Waals surface area contributed by atoms with Crippen molar-refractivity contribution < 1.29 is 9.59 Å². The number of thiophene rings is 1. The first-order valence-electron chi connectivity index (χ1n) is 9.48. The smallest absolute Gasteiger partial charge is 0.295 e. The van der Waals surface area contributed by atoms with Crippen molar-refractivity contribution in [1.29, 1.82) is 0 Å². The zero-order chi connectivity index (χ0) is 20.5. The van der Waals surface area contributed by atoms with Crippen LogP contribution in [0.5, 0.6) is 0 Å². The van der Waals surface area contributed by atoms with Crippen LogP contribution in [-0.4, -0.2) is 38.7 Å². The van der Waals surface area contributed by atoms with E-state index in [1.54, 1.807) is 29.6 Å². The summed E-state index contributed by atoms with van der Waals surface area (Å²) in [7, 11) is 1.78. The summed E-state index contributed by atoms with van der Waals surface area (Å²) in [5.41, 5.74) is 1.33. The molecule has 3 aromatic rings. The van der Waals surface area contributed by atoms with E-state index in [-0.39, 0.29) is 23.1 Å². The van der Waals surface area contributed by atoms with E-state index in [1.807, 2.05) is 41.8 Å². The summed E-state index contributed by atoms with van der Waals surface area (Å²) in [6.07, 6.45) is 1.35. The summed E-state index contributed by atoms with van der Waals surface area (Å²) in [6.45, 7) is 2.33. The average molecular weight is 410 g/mol. The van der Waals surface area contributed by atoms with Gasteiger partial charge < -0.3 is 10.2 Å². The molecule has 2 amide bonds. The Morgan fingerprint density at radius 1 is 1.14 bits per heavy atom. The maximum atomic E-state index is 13.0. The summed E-state index contributed by atoms with van der Waals surface area (Å²) in [6, 6.07) is 12.3. The van der Waals surface area contributed by atoms with Gasteiger partial charge in [0.15, 0.2) is 0 Å². The maximum absolute atomic E-state index is 13.0. The molecular weight excluding hydrogens is 388 g/mol. The van der Waals surface area contributed by atoms with Crippen molar-refractivity contribution in [2.45, 2.75) is 25.8 Å². The van der Waals surface area contributed by atoms with Gasteiger partial charge in [-0.3, -0.25) is 19.1 Å². The molecule has 0 radical (unpaired) electrons. The van der Waals surface area contributed by atoms with Gasteiger partial charge in [-0.05, 0) is 43.3 Å². The van der Waals surface area contributed by atoms with E-state index in [1.165, 1.54) is 16.0 Å². The lowest BCUT2D eigenvalue weighted by Gasteiger charge is -2.23. The van der Waals surface area contributed by atoms with E-state index in [9.17, 15) is 14.4 Å². The number of nitrogens with one attached hydrogen (secondary N) is 1. The highest BCUT2D eigenvalue weighted by Crippen LogP contribution is 2.24. The van der Waals surface area contributed by atoms with Gasteiger partial charge in [0, 0.05) is 13.6 Å². The van der Waals surface area contributed by atoms with Crippen LogP contribution in [0.4, 0.5) is 5.69 Å². The highest BCUT2D eigenvalue weighted by Gasteiger charge is 2.35. The van der Waals surface area contributed by atoms with Crippen molar-refractivity contribution in [3.8, 4) is 5.69 Å². The molecule has 1 aliphatic heterocycles. The first-order chi connectivity index (χ1) is 14.0. The number of carbonyl (C=O) groups is 2. The zero-order valence-corrected chi connectivity index (χ0v) is 17.1. The molecule has 1 aliphatic rings. The lowest BCUT2D eigenvalue weighted by molar-refractivity contribution is -0.119. The predicted octanol–water partition coefficient (Wildman–Crippen LogP) is 2.79. The van der Waals surface area contributed by atoms with Gasteiger partial charge in [-0.25, -0.2) is 4.68 Å². The molecule has 1 aromatic carbocycles. The van der Waals surface area contributed by atoms with E-state index in [0.717, 1.165) is 12.1 Å². The van der Waals surface area contributed by atoms with Crippen molar-refractivity contribution in [2.24, 2.45) is 7.05 Å². The molecule has 2 aromatic heterocycles. The van der Waals surface area contributed by atoms with E-state index in [0.29, 0.717) is 23.5 Å². The van der Waals surface area contributed by atoms with Crippen molar-refractivity contribution in [3.05, 3.63) is 68.8 Å². The summed E-state index contributed by atoms with van der Waals surface area (Å²) in [5.74, 6) is -0.456. The standard InChI is InChI=1S/C21H22N4O3S/c1-14-18(21(28)25(23(14)2)15-8-4-3-5-9-15)22-19(26)16-10-6-12-24(16)20(27)17-11-7-13-29-17/h3-5,7-9,11,13,16H,6,10,12H2,1-2H3,(H,22,26)/t16-/m1/s1. The maximum Gasteiger partial charge on any atom is 0.295 e. The predicted molar refractivity (Wildman–Crippen MR) is 113 cm³/mol. The number of para-hydroxylation sites is 1. The van der Waals surface area contributed by atoms with Crippen LogP contribution < -0.4 is 10.9 Å². The van der Waals surface area contributed by atoms with Crippen LogP contribution in [0.25, 0.3) is 5.69 Å². The number of rotatable bonds is 4. The second-order valence-electron chi connectivity index (χ2n) is 7.06. The van der Waals surface area contributed by atoms with Crippen LogP contribution in [0, 0.1) is 6.92 Å². The van der Waals surface area contributed by atoms with Crippen LogP contribution >= 0.6 is 11.3 Å². The fourth-order valence-corrected chi connectivity index (χ4v) is 4.42. The topological polar surface area (TPSA) is 76.3 Å². The van der Waals surface area contributed by atoms with Gasteiger partial charge in [-0.1, -0.05) is 24.3 Å². The number of nitrogens with zero attached hydrogens (tertiary/aromatic N) is 3. The van der Waals surface area contributed by atoms with E-state index >= 15 is 0 Å². The second kappa shape index (κ2) is 7.71. The van der Waals surface area contributed by atoms with Gasteiger partial charge in [0.05, 0.1) is 16.3 Å². The molecule has 0 unspecified atom stereocenters. The summed E-state index contributed by atoms with van der Waals surface area (Å²) < 4.78 is 3.24. The lowest BCUT2D eigenvalue weighted by Crippen LogP contribution is -2.43. The number of aromatic nitrogens is 2.